The van der Waals surface area contributed by atoms with Crippen LogP contribution < -0.4 is 5.32 Å². The molecule has 1 unspecified atom stereocenters. The van der Waals surface area contributed by atoms with E-state index in [0.29, 0.717) is 5.22 Å². The molecule has 2 nitrogen and oxygen atoms in total. The Bertz CT molecular complexity index is 527. The van der Waals surface area contributed by atoms with Crippen molar-refractivity contribution in [3.05, 3.63) is 58.0 Å². The average molecular weight is 278 g/mol. The summed E-state index contributed by atoms with van der Waals surface area (Å²) in [4.78, 5) is 0. The fourth-order valence-electron chi connectivity index (χ4n) is 2.46. The highest BCUT2D eigenvalue weighted by Crippen LogP contribution is 2.24. The maximum atomic E-state index is 5.86. The topological polar surface area (TPSA) is 25.2 Å². The lowest BCUT2D eigenvalue weighted by atomic mass is 10.00. The molecular formula is C16H20ClNO. The first-order chi connectivity index (χ1) is 9.08. The number of benzene rings is 1. The summed E-state index contributed by atoms with van der Waals surface area (Å²) in [5.74, 6) is 0.894. The van der Waals surface area contributed by atoms with Crippen molar-refractivity contribution in [1.82, 2.24) is 5.32 Å². The first-order valence-electron chi connectivity index (χ1n) is 6.64. The van der Waals surface area contributed by atoms with Gasteiger partial charge in [-0.2, -0.15) is 0 Å². The second-order valence-electron chi connectivity index (χ2n) is 4.95. The van der Waals surface area contributed by atoms with Gasteiger partial charge in [-0.1, -0.05) is 36.2 Å². The average Bonchev–Trinajstić information content (AvgIpc) is 2.74. The van der Waals surface area contributed by atoms with Gasteiger partial charge in [0.05, 0.1) is 6.04 Å². The van der Waals surface area contributed by atoms with Crippen molar-refractivity contribution in [2.75, 3.05) is 6.54 Å². The lowest BCUT2D eigenvalue weighted by Gasteiger charge is -2.16. The molecule has 0 aliphatic heterocycles. The molecule has 0 saturated heterocycles. The van der Waals surface area contributed by atoms with Crippen LogP contribution in [-0.2, 0) is 6.42 Å². The molecule has 102 valence electrons. The molecule has 2 aromatic rings. The summed E-state index contributed by atoms with van der Waals surface area (Å²) < 4.78 is 5.53. The Hall–Kier alpha value is -1.25. The van der Waals surface area contributed by atoms with Gasteiger partial charge in [-0.25, -0.2) is 0 Å². The first kappa shape index (κ1) is 14.2. The van der Waals surface area contributed by atoms with Crippen LogP contribution in [0.4, 0.5) is 0 Å². The Morgan fingerprint density at radius 2 is 1.84 bits per heavy atom. The predicted octanol–water partition coefficient (Wildman–Crippen LogP) is 4.44. The Morgan fingerprint density at radius 3 is 2.37 bits per heavy atom. The molecule has 0 saturated carbocycles. The summed E-state index contributed by atoms with van der Waals surface area (Å²) in [5.41, 5.74) is 3.90. The van der Waals surface area contributed by atoms with Gasteiger partial charge in [0.2, 0.25) is 0 Å². The van der Waals surface area contributed by atoms with E-state index in [0.717, 1.165) is 18.7 Å². The molecule has 1 N–H and O–H groups in total. The number of furan rings is 1. The summed E-state index contributed by atoms with van der Waals surface area (Å²) in [7, 11) is 0. The smallest absolute Gasteiger partial charge is 0.193 e. The van der Waals surface area contributed by atoms with E-state index in [4.69, 9.17) is 16.0 Å². The van der Waals surface area contributed by atoms with Crippen LogP contribution in [0.5, 0.6) is 0 Å². The molecule has 0 fully saturated rings. The van der Waals surface area contributed by atoms with E-state index in [1.807, 2.05) is 6.07 Å². The van der Waals surface area contributed by atoms with Crippen molar-refractivity contribution in [2.45, 2.75) is 33.2 Å². The maximum absolute atomic E-state index is 5.86. The van der Waals surface area contributed by atoms with E-state index in [9.17, 15) is 0 Å². The molecule has 0 aliphatic carbocycles. The Morgan fingerprint density at radius 1 is 1.16 bits per heavy atom. The van der Waals surface area contributed by atoms with Crippen LogP contribution in [0, 0.1) is 13.8 Å². The lowest BCUT2D eigenvalue weighted by molar-refractivity contribution is 0.417. The third-order valence-corrected chi connectivity index (χ3v) is 3.31. The van der Waals surface area contributed by atoms with Crippen molar-refractivity contribution in [2.24, 2.45) is 0 Å². The highest BCUT2D eigenvalue weighted by Gasteiger charge is 2.15. The summed E-state index contributed by atoms with van der Waals surface area (Å²) in [6.45, 7) is 7.25. The summed E-state index contributed by atoms with van der Waals surface area (Å²) in [6, 6.07) is 10.5. The lowest BCUT2D eigenvalue weighted by Crippen LogP contribution is -2.22. The standard InChI is InChI=1S/C16H20ClNO/c1-4-18-14(15-5-6-16(17)19-15)10-13-8-11(2)7-12(3)9-13/h5-9,14,18H,4,10H2,1-3H3. The van der Waals surface area contributed by atoms with Crippen molar-refractivity contribution in [3.8, 4) is 0 Å². The number of likely N-dealkylation sites (N-methyl/N-ethyl adjacent to an activating group) is 1. The van der Waals surface area contributed by atoms with Crippen molar-refractivity contribution in [3.63, 3.8) is 0 Å². The van der Waals surface area contributed by atoms with Gasteiger partial charge in [-0.05, 0) is 56.1 Å². The molecule has 1 atom stereocenters. The minimum absolute atomic E-state index is 0.165. The van der Waals surface area contributed by atoms with E-state index < -0.39 is 0 Å². The molecule has 2 rings (SSSR count). The molecule has 1 heterocycles. The monoisotopic (exact) mass is 277 g/mol. The van der Waals surface area contributed by atoms with Crippen LogP contribution >= 0.6 is 11.6 Å². The molecule has 1 aromatic carbocycles. The van der Waals surface area contributed by atoms with Crippen LogP contribution in [0.2, 0.25) is 5.22 Å². The molecule has 0 radical (unpaired) electrons. The highest BCUT2D eigenvalue weighted by molar-refractivity contribution is 6.28. The van der Waals surface area contributed by atoms with Gasteiger partial charge in [-0.3, -0.25) is 0 Å². The Balaban J connectivity index is 2.20. The minimum atomic E-state index is 0.165. The number of nitrogens with one attached hydrogen (secondary N) is 1. The van der Waals surface area contributed by atoms with Gasteiger partial charge in [0, 0.05) is 0 Å². The van der Waals surface area contributed by atoms with Crippen molar-refractivity contribution in [1.29, 1.82) is 0 Å². The van der Waals surface area contributed by atoms with E-state index in [2.05, 4.69) is 44.3 Å². The summed E-state index contributed by atoms with van der Waals surface area (Å²) >= 11 is 5.86. The largest absolute Gasteiger partial charge is 0.448 e. The Kier molecular flexibility index (Phi) is 4.67. The zero-order valence-electron chi connectivity index (χ0n) is 11.7. The summed E-state index contributed by atoms with van der Waals surface area (Å²) in [6.07, 6.45) is 0.903. The Labute approximate surface area is 119 Å². The van der Waals surface area contributed by atoms with Gasteiger partial charge in [0.1, 0.15) is 5.76 Å². The molecule has 0 spiro atoms. The van der Waals surface area contributed by atoms with E-state index in [1.165, 1.54) is 16.7 Å². The predicted molar refractivity (Wildman–Crippen MR) is 79.8 cm³/mol. The number of aryl methyl sites for hydroxylation is 2. The second kappa shape index (κ2) is 6.27. The molecule has 0 bridgehead atoms. The molecule has 0 aliphatic rings. The van der Waals surface area contributed by atoms with Gasteiger partial charge >= 0.3 is 0 Å². The van der Waals surface area contributed by atoms with Crippen molar-refractivity contribution >= 4 is 11.6 Å². The first-order valence-corrected chi connectivity index (χ1v) is 7.02. The number of halogens is 1. The molecule has 0 amide bonds. The third kappa shape index (κ3) is 3.85. The molecule has 3 heteroatoms. The quantitative estimate of drug-likeness (QED) is 0.874. The zero-order chi connectivity index (χ0) is 13.8. The maximum Gasteiger partial charge on any atom is 0.193 e. The van der Waals surface area contributed by atoms with E-state index in [1.54, 1.807) is 6.07 Å². The third-order valence-electron chi connectivity index (χ3n) is 3.11. The van der Waals surface area contributed by atoms with E-state index >= 15 is 0 Å². The molecular weight excluding hydrogens is 258 g/mol. The zero-order valence-corrected chi connectivity index (χ0v) is 12.4. The minimum Gasteiger partial charge on any atom is -0.448 e. The second-order valence-corrected chi connectivity index (χ2v) is 5.32. The fourth-order valence-corrected chi connectivity index (χ4v) is 2.61. The van der Waals surface area contributed by atoms with Gasteiger partial charge in [-0.15, -0.1) is 0 Å². The number of hydrogen-bond acceptors (Lipinski definition) is 2. The van der Waals surface area contributed by atoms with E-state index in [-0.39, 0.29) is 6.04 Å². The highest BCUT2D eigenvalue weighted by atomic mass is 35.5. The van der Waals surface area contributed by atoms with Crippen LogP contribution in [0.15, 0.2) is 34.7 Å². The number of rotatable bonds is 5. The van der Waals surface area contributed by atoms with Crippen LogP contribution in [0.25, 0.3) is 0 Å². The fraction of sp³-hybridized carbons (Fsp3) is 0.375. The van der Waals surface area contributed by atoms with Gasteiger partial charge in [0.25, 0.3) is 0 Å². The van der Waals surface area contributed by atoms with Crippen LogP contribution in [0.3, 0.4) is 0 Å². The normalized spacial score (nSPS) is 12.6. The van der Waals surface area contributed by atoms with Gasteiger partial charge < -0.3 is 9.73 Å². The van der Waals surface area contributed by atoms with Crippen molar-refractivity contribution < 1.29 is 4.42 Å². The SMILES string of the molecule is CCNC(Cc1cc(C)cc(C)c1)c1ccc(Cl)o1. The molecule has 1 aromatic heterocycles. The van der Waals surface area contributed by atoms with Gasteiger partial charge in [0.15, 0.2) is 5.22 Å². The number of hydrogen-bond donors (Lipinski definition) is 1. The molecule has 19 heavy (non-hydrogen) atoms. The van der Waals surface area contributed by atoms with Crippen LogP contribution in [0.1, 0.15) is 35.4 Å². The summed E-state index contributed by atoms with van der Waals surface area (Å²) in [5, 5.41) is 3.89. The van der Waals surface area contributed by atoms with Crippen LogP contribution in [-0.4, -0.2) is 6.54 Å².